The van der Waals surface area contributed by atoms with Crippen molar-refractivity contribution in [3.8, 4) is 0 Å². The number of hydrogen-bond donors (Lipinski definition) is 1. The lowest BCUT2D eigenvalue weighted by molar-refractivity contribution is 0.198. The van der Waals surface area contributed by atoms with Crippen LogP contribution in [-0.4, -0.2) is 40.6 Å². The van der Waals surface area contributed by atoms with Crippen molar-refractivity contribution >= 4 is 5.95 Å². The Balaban J connectivity index is 1.76. The highest BCUT2D eigenvalue weighted by Crippen LogP contribution is 2.17. The van der Waals surface area contributed by atoms with Crippen LogP contribution in [0.15, 0.2) is 12.4 Å². The Morgan fingerprint density at radius 3 is 2.78 bits per heavy atom. The number of anilines is 1. The molecule has 1 aliphatic rings. The fraction of sp³-hybridized carbons (Fsp3) is 0.786. The molecule has 0 unspecified atom stereocenters. The zero-order chi connectivity index (χ0) is 12.8. The Morgan fingerprint density at radius 1 is 1.33 bits per heavy atom. The van der Waals surface area contributed by atoms with E-state index in [0.717, 1.165) is 31.4 Å². The second kappa shape index (κ2) is 6.78. The van der Waals surface area contributed by atoms with Gasteiger partial charge in [-0.25, -0.2) is 4.98 Å². The molecule has 1 fully saturated rings. The third kappa shape index (κ3) is 3.48. The Kier molecular flexibility index (Phi) is 5.05. The lowest BCUT2D eigenvalue weighted by Gasteiger charge is -2.31. The maximum Gasteiger partial charge on any atom is 0.202 e. The lowest BCUT2D eigenvalue weighted by Crippen LogP contribution is -2.35. The zero-order valence-corrected chi connectivity index (χ0v) is 11.7. The highest BCUT2D eigenvalue weighted by atomic mass is 15.2. The summed E-state index contributed by atoms with van der Waals surface area (Å²) in [6.45, 7) is 10.3. The predicted octanol–water partition coefficient (Wildman–Crippen LogP) is 2.44. The molecule has 1 aromatic heterocycles. The fourth-order valence-electron chi connectivity index (χ4n) is 2.64. The maximum absolute atomic E-state index is 4.39. The summed E-state index contributed by atoms with van der Waals surface area (Å²) in [4.78, 5) is 6.93. The molecule has 1 aliphatic heterocycles. The van der Waals surface area contributed by atoms with Crippen LogP contribution in [0.1, 0.15) is 33.1 Å². The number of aryl methyl sites for hydroxylation is 1. The first-order valence-corrected chi connectivity index (χ1v) is 7.30. The number of hydrogen-bond acceptors (Lipinski definition) is 3. The van der Waals surface area contributed by atoms with Crippen molar-refractivity contribution in [2.75, 3.05) is 31.5 Å². The van der Waals surface area contributed by atoms with E-state index in [9.17, 15) is 0 Å². The predicted molar refractivity (Wildman–Crippen MR) is 75.8 cm³/mol. The van der Waals surface area contributed by atoms with Crippen molar-refractivity contribution < 1.29 is 0 Å². The second-order valence-corrected chi connectivity index (χ2v) is 5.20. The summed E-state index contributed by atoms with van der Waals surface area (Å²) >= 11 is 0. The summed E-state index contributed by atoms with van der Waals surface area (Å²) in [6.07, 6.45) is 7.73. The van der Waals surface area contributed by atoms with E-state index in [4.69, 9.17) is 0 Å². The van der Waals surface area contributed by atoms with Gasteiger partial charge in [0.05, 0.1) is 0 Å². The van der Waals surface area contributed by atoms with Crippen LogP contribution in [0.4, 0.5) is 5.95 Å². The van der Waals surface area contributed by atoms with Gasteiger partial charge in [0.25, 0.3) is 0 Å². The number of nitrogens with one attached hydrogen (secondary N) is 1. The van der Waals surface area contributed by atoms with E-state index in [1.165, 1.54) is 32.5 Å². The molecule has 2 heterocycles. The molecule has 0 atom stereocenters. The lowest BCUT2D eigenvalue weighted by atomic mass is 9.97. The third-order valence-corrected chi connectivity index (χ3v) is 3.88. The van der Waals surface area contributed by atoms with E-state index < -0.39 is 0 Å². The molecule has 0 aromatic carbocycles. The molecule has 0 amide bonds. The minimum Gasteiger partial charge on any atom is -0.355 e. The van der Waals surface area contributed by atoms with E-state index in [1.54, 1.807) is 0 Å². The van der Waals surface area contributed by atoms with Gasteiger partial charge >= 0.3 is 0 Å². The number of likely N-dealkylation sites (tertiary alicyclic amines) is 1. The van der Waals surface area contributed by atoms with Crippen molar-refractivity contribution in [3.05, 3.63) is 12.4 Å². The van der Waals surface area contributed by atoms with Crippen molar-refractivity contribution in [1.29, 1.82) is 0 Å². The smallest absolute Gasteiger partial charge is 0.202 e. The largest absolute Gasteiger partial charge is 0.355 e. The quantitative estimate of drug-likeness (QED) is 0.842. The topological polar surface area (TPSA) is 33.1 Å². The average Bonchev–Trinajstić information content (AvgIpc) is 2.85. The Hall–Kier alpha value is -1.03. The Labute approximate surface area is 110 Å². The summed E-state index contributed by atoms with van der Waals surface area (Å²) in [7, 11) is 0. The highest BCUT2D eigenvalue weighted by Gasteiger charge is 2.18. The van der Waals surface area contributed by atoms with Crippen LogP contribution in [0.5, 0.6) is 0 Å². The number of piperidine rings is 1. The Morgan fingerprint density at radius 2 is 2.11 bits per heavy atom. The number of nitrogens with zero attached hydrogens (tertiary/aromatic N) is 3. The van der Waals surface area contributed by atoms with E-state index in [2.05, 4.69) is 39.8 Å². The standard InChI is InChI=1S/C14H26N4/c1-3-8-18-11-7-15-14(18)16-12-13-5-9-17(4-2)10-6-13/h7,11,13H,3-6,8-10,12H2,1-2H3,(H,15,16). The molecule has 4 heteroatoms. The number of rotatable bonds is 6. The van der Waals surface area contributed by atoms with Crippen LogP contribution in [0, 0.1) is 5.92 Å². The van der Waals surface area contributed by atoms with Crippen LogP contribution >= 0.6 is 0 Å². The van der Waals surface area contributed by atoms with Crippen molar-refractivity contribution in [3.63, 3.8) is 0 Å². The molecule has 2 rings (SSSR count). The van der Waals surface area contributed by atoms with Crippen LogP contribution in [0.3, 0.4) is 0 Å². The molecule has 18 heavy (non-hydrogen) atoms. The minimum absolute atomic E-state index is 0.805. The van der Waals surface area contributed by atoms with Crippen molar-refractivity contribution in [1.82, 2.24) is 14.5 Å². The molecule has 0 radical (unpaired) electrons. The Bertz CT molecular complexity index is 339. The SMILES string of the molecule is CCCn1ccnc1NCC1CCN(CC)CC1. The van der Waals surface area contributed by atoms with E-state index in [0.29, 0.717) is 0 Å². The molecule has 0 bridgehead atoms. The van der Waals surface area contributed by atoms with Gasteiger partial charge in [-0.1, -0.05) is 13.8 Å². The fourth-order valence-corrected chi connectivity index (χ4v) is 2.64. The van der Waals surface area contributed by atoms with Gasteiger partial charge in [0.1, 0.15) is 0 Å². The molecular formula is C14H26N4. The van der Waals surface area contributed by atoms with Gasteiger partial charge < -0.3 is 14.8 Å². The van der Waals surface area contributed by atoms with Gasteiger partial charge in [-0.2, -0.15) is 0 Å². The van der Waals surface area contributed by atoms with E-state index >= 15 is 0 Å². The van der Waals surface area contributed by atoms with Crippen LogP contribution in [-0.2, 0) is 6.54 Å². The normalized spacial score (nSPS) is 18.1. The first-order chi connectivity index (χ1) is 8.83. The first-order valence-electron chi connectivity index (χ1n) is 7.30. The van der Waals surface area contributed by atoms with Crippen LogP contribution < -0.4 is 5.32 Å². The van der Waals surface area contributed by atoms with Crippen LogP contribution in [0.25, 0.3) is 0 Å². The van der Waals surface area contributed by atoms with Gasteiger partial charge in [0, 0.05) is 25.5 Å². The maximum atomic E-state index is 4.39. The minimum atomic E-state index is 0.805. The molecule has 102 valence electrons. The molecule has 0 saturated carbocycles. The summed E-state index contributed by atoms with van der Waals surface area (Å²) in [5.74, 6) is 1.84. The molecule has 0 spiro atoms. The van der Waals surface area contributed by atoms with Gasteiger partial charge in [-0.3, -0.25) is 0 Å². The van der Waals surface area contributed by atoms with Gasteiger partial charge in [-0.05, 0) is 44.8 Å². The zero-order valence-electron chi connectivity index (χ0n) is 11.7. The molecule has 1 saturated heterocycles. The molecule has 4 nitrogen and oxygen atoms in total. The van der Waals surface area contributed by atoms with Gasteiger partial charge in [0.15, 0.2) is 0 Å². The number of imidazole rings is 1. The van der Waals surface area contributed by atoms with Gasteiger partial charge in [-0.15, -0.1) is 0 Å². The van der Waals surface area contributed by atoms with E-state index in [1.807, 2.05) is 6.20 Å². The van der Waals surface area contributed by atoms with E-state index in [-0.39, 0.29) is 0 Å². The molecule has 1 N–H and O–H groups in total. The second-order valence-electron chi connectivity index (χ2n) is 5.20. The summed E-state index contributed by atoms with van der Waals surface area (Å²) in [5, 5.41) is 3.51. The highest BCUT2D eigenvalue weighted by molar-refractivity contribution is 5.25. The summed E-state index contributed by atoms with van der Waals surface area (Å²) < 4.78 is 2.21. The molecule has 0 aliphatic carbocycles. The summed E-state index contributed by atoms with van der Waals surface area (Å²) in [5.41, 5.74) is 0. The molecule has 1 aromatic rings. The molecular weight excluding hydrogens is 224 g/mol. The third-order valence-electron chi connectivity index (χ3n) is 3.88. The van der Waals surface area contributed by atoms with Gasteiger partial charge in [0.2, 0.25) is 5.95 Å². The van der Waals surface area contributed by atoms with Crippen molar-refractivity contribution in [2.24, 2.45) is 5.92 Å². The van der Waals surface area contributed by atoms with Crippen LogP contribution in [0.2, 0.25) is 0 Å². The number of aromatic nitrogens is 2. The first kappa shape index (κ1) is 13.4. The van der Waals surface area contributed by atoms with Crippen molar-refractivity contribution in [2.45, 2.75) is 39.7 Å². The summed E-state index contributed by atoms with van der Waals surface area (Å²) in [6, 6.07) is 0. The monoisotopic (exact) mass is 250 g/mol. The average molecular weight is 250 g/mol.